The van der Waals surface area contributed by atoms with Crippen molar-refractivity contribution in [3.05, 3.63) is 94.8 Å². The van der Waals surface area contributed by atoms with Crippen molar-refractivity contribution >= 4 is 17.8 Å². The molecule has 0 spiro atoms. The number of carbonyl (C=O) groups is 2. The quantitative estimate of drug-likeness (QED) is 0.355. The lowest BCUT2D eigenvalue weighted by Crippen LogP contribution is -2.27. The SMILES string of the molecule is Cc1cc(/C=C/C(=O)c2ccc(OCC(=O)N(C)C)cc2)cc(C)c1OCc1ccccn1. The van der Waals surface area contributed by atoms with Gasteiger partial charge in [0.05, 0.1) is 5.69 Å². The van der Waals surface area contributed by atoms with Gasteiger partial charge in [0.2, 0.25) is 0 Å². The number of pyridine rings is 1. The molecule has 1 heterocycles. The first-order chi connectivity index (χ1) is 15.8. The molecule has 1 amide bonds. The molecule has 33 heavy (non-hydrogen) atoms. The minimum Gasteiger partial charge on any atom is -0.487 e. The van der Waals surface area contributed by atoms with Crippen LogP contribution in [0.4, 0.5) is 0 Å². The lowest BCUT2D eigenvalue weighted by atomic mass is 10.0. The summed E-state index contributed by atoms with van der Waals surface area (Å²) >= 11 is 0. The third kappa shape index (κ3) is 6.77. The first kappa shape index (κ1) is 23.7. The molecule has 6 heteroatoms. The summed E-state index contributed by atoms with van der Waals surface area (Å²) in [6.07, 6.45) is 5.09. The van der Waals surface area contributed by atoms with Gasteiger partial charge in [-0.2, -0.15) is 0 Å². The highest BCUT2D eigenvalue weighted by Gasteiger charge is 2.08. The molecule has 0 aliphatic heterocycles. The van der Waals surface area contributed by atoms with Crippen molar-refractivity contribution in [3.63, 3.8) is 0 Å². The van der Waals surface area contributed by atoms with E-state index in [0.29, 0.717) is 17.9 Å². The highest BCUT2D eigenvalue weighted by molar-refractivity contribution is 6.06. The van der Waals surface area contributed by atoms with Crippen LogP contribution >= 0.6 is 0 Å². The number of nitrogens with zero attached hydrogens (tertiary/aromatic N) is 2. The van der Waals surface area contributed by atoms with E-state index in [1.165, 1.54) is 4.90 Å². The van der Waals surface area contributed by atoms with Crippen LogP contribution in [-0.2, 0) is 11.4 Å². The number of aryl methyl sites for hydroxylation is 2. The van der Waals surface area contributed by atoms with Crippen molar-refractivity contribution in [1.29, 1.82) is 0 Å². The van der Waals surface area contributed by atoms with Crippen molar-refractivity contribution in [1.82, 2.24) is 9.88 Å². The van der Waals surface area contributed by atoms with Gasteiger partial charge in [-0.25, -0.2) is 0 Å². The van der Waals surface area contributed by atoms with Crippen LogP contribution in [0, 0.1) is 13.8 Å². The van der Waals surface area contributed by atoms with E-state index in [1.54, 1.807) is 56.7 Å². The van der Waals surface area contributed by atoms with Gasteiger partial charge in [0.25, 0.3) is 5.91 Å². The number of hydrogen-bond acceptors (Lipinski definition) is 5. The molecule has 0 aliphatic carbocycles. The Bertz CT molecular complexity index is 1110. The summed E-state index contributed by atoms with van der Waals surface area (Å²) in [7, 11) is 3.34. The van der Waals surface area contributed by atoms with Crippen molar-refractivity contribution in [2.24, 2.45) is 0 Å². The Labute approximate surface area is 194 Å². The minimum atomic E-state index is -0.128. The molecule has 0 radical (unpaired) electrons. The molecule has 170 valence electrons. The zero-order valence-electron chi connectivity index (χ0n) is 19.4. The lowest BCUT2D eigenvalue weighted by Gasteiger charge is -2.13. The fraction of sp³-hybridized carbons (Fsp3) is 0.222. The Hall–Kier alpha value is -3.93. The number of likely N-dealkylation sites (N-methyl/N-ethyl adjacent to an activating group) is 1. The van der Waals surface area contributed by atoms with Crippen LogP contribution in [0.25, 0.3) is 6.08 Å². The second-order valence-electron chi connectivity index (χ2n) is 7.89. The summed E-state index contributed by atoms with van der Waals surface area (Å²) in [5.74, 6) is 1.12. The molecule has 2 aromatic carbocycles. The van der Waals surface area contributed by atoms with E-state index in [2.05, 4.69) is 4.98 Å². The summed E-state index contributed by atoms with van der Waals surface area (Å²) in [6, 6.07) is 16.5. The molecular formula is C27H28N2O4. The smallest absolute Gasteiger partial charge is 0.259 e. The van der Waals surface area contributed by atoms with Gasteiger partial charge >= 0.3 is 0 Å². The third-order valence-electron chi connectivity index (χ3n) is 5.00. The molecule has 6 nitrogen and oxygen atoms in total. The second kappa shape index (κ2) is 11.1. The number of ketones is 1. The maximum Gasteiger partial charge on any atom is 0.259 e. The summed E-state index contributed by atoms with van der Waals surface area (Å²) in [5.41, 5.74) is 4.32. The number of amides is 1. The number of carbonyl (C=O) groups excluding carboxylic acids is 2. The minimum absolute atomic E-state index is 0.0412. The summed E-state index contributed by atoms with van der Waals surface area (Å²) in [5, 5.41) is 0. The molecule has 3 aromatic rings. The van der Waals surface area contributed by atoms with E-state index in [-0.39, 0.29) is 18.3 Å². The summed E-state index contributed by atoms with van der Waals surface area (Å²) in [6.45, 7) is 4.33. The molecular weight excluding hydrogens is 416 g/mol. The van der Waals surface area contributed by atoms with Gasteiger partial charge in [-0.3, -0.25) is 14.6 Å². The number of benzene rings is 2. The van der Waals surface area contributed by atoms with Crippen molar-refractivity contribution in [3.8, 4) is 11.5 Å². The number of ether oxygens (including phenoxy) is 2. The second-order valence-corrected chi connectivity index (χ2v) is 7.89. The lowest BCUT2D eigenvalue weighted by molar-refractivity contribution is -0.130. The van der Waals surface area contributed by atoms with E-state index < -0.39 is 0 Å². The van der Waals surface area contributed by atoms with Gasteiger partial charge in [0.1, 0.15) is 18.1 Å². The molecule has 0 aliphatic rings. The first-order valence-corrected chi connectivity index (χ1v) is 10.6. The van der Waals surface area contributed by atoms with Crippen molar-refractivity contribution < 1.29 is 19.1 Å². The van der Waals surface area contributed by atoms with Crippen LogP contribution in [0.3, 0.4) is 0 Å². The topological polar surface area (TPSA) is 68.7 Å². The number of allylic oxidation sites excluding steroid dienone is 1. The zero-order chi connectivity index (χ0) is 23.8. The van der Waals surface area contributed by atoms with E-state index in [1.807, 2.05) is 44.2 Å². The normalized spacial score (nSPS) is 10.8. The van der Waals surface area contributed by atoms with Crippen LogP contribution in [0.5, 0.6) is 11.5 Å². The molecule has 0 N–H and O–H groups in total. The fourth-order valence-corrected chi connectivity index (χ4v) is 3.20. The summed E-state index contributed by atoms with van der Waals surface area (Å²) < 4.78 is 11.4. The summed E-state index contributed by atoms with van der Waals surface area (Å²) in [4.78, 5) is 29.9. The molecule has 0 atom stereocenters. The zero-order valence-corrected chi connectivity index (χ0v) is 19.4. The van der Waals surface area contributed by atoms with Crippen LogP contribution in [0.1, 0.15) is 32.7 Å². The predicted octanol–water partition coefficient (Wildman–Crippen LogP) is 4.64. The van der Waals surface area contributed by atoms with Gasteiger partial charge < -0.3 is 14.4 Å². The number of rotatable bonds is 9. The molecule has 1 aromatic heterocycles. The Morgan fingerprint density at radius 1 is 0.970 bits per heavy atom. The number of aromatic nitrogens is 1. The fourth-order valence-electron chi connectivity index (χ4n) is 3.20. The Morgan fingerprint density at radius 2 is 1.67 bits per heavy atom. The van der Waals surface area contributed by atoms with E-state index in [4.69, 9.17) is 9.47 Å². The molecule has 0 saturated heterocycles. The average Bonchev–Trinajstić information content (AvgIpc) is 2.81. The standard InChI is InChI=1S/C27H28N2O4/c1-19-15-21(16-20(2)27(19)33-17-23-7-5-6-14-28-23)8-13-25(30)22-9-11-24(12-10-22)32-18-26(31)29(3)4/h5-16H,17-18H2,1-4H3/b13-8+. The Kier molecular flexibility index (Phi) is 7.97. The van der Waals surface area contributed by atoms with Gasteiger partial charge in [0, 0.05) is 25.9 Å². The van der Waals surface area contributed by atoms with Crippen LogP contribution in [0.15, 0.2) is 66.9 Å². The Balaban J connectivity index is 1.61. The van der Waals surface area contributed by atoms with Gasteiger partial charge in [-0.15, -0.1) is 0 Å². The molecule has 0 bridgehead atoms. The van der Waals surface area contributed by atoms with E-state index in [9.17, 15) is 9.59 Å². The van der Waals surface area contributed by atoms with Gasteiger partial charge in [-0.05, 0) is 85.1 Å². The highest BCUT2D eigenvalue weighted by Crippen LogP contribution is 2.26. The van der Waals surface area contributed by atoms with Crippen molar-refractivity contribution in [2.75, 3.05) is 20.7 Å². The Morgan fingerprint density at radius 3 is 2.27 bits per heavy atom. The number of hydrogen-bond donors (Lipinski definition) is 0. The van der Waals surface area contributed by atoms with E-state index in [0.717, 1.165) is 28.1 Å². The third-order valence-corrected chi connectivity index (χ3v) is 5.00. The van der Waals surface area contributed by atoms with Gasteiger partial charge in [-0.1, -0.05) is 12.1 Å². The maximum atomic E-state index is 12.6. The van der Waals surface area contributed by atoms with Crippen molar-refractivity contribution in [2.45, 2.75) is 20.5 Å². The van der Waals surface area contributed by atoms with E-state index >= 15 is 0 Å². The van der Waals surface area contributed by atoms with Crippen LogP contribution in [-0.4, -0.2) is 42.3 Å². The molecule has 0 unspecified atom stereocenters. The van der Waals surface area contributed by atoms with Crippen LogP contribution < -0.4 is 9.47 Å². The van der Waals surface area contributed by atoms with Crippen LogP contribution in [0.2, 0.25) is 0 Å². The highest BCUT2D eigenvalue weighted by atomic mass is 16.5. The van der Waals surface area contributed by atoms with Gasteiger partial charge in [0.15, 0.2) is 12.4 Å². The molecule has 3 rings (SSSR count). The largest absolute Gasteiger partial charge is 0.487 e. The monoisotopic (exact) mass is 444 g/mol. The first-order valence-electron chi connectivity index (χ1n) is 10.6. The average molecular weight is 445 g/mol. The molecule has 0 saturated carbocycles. The maximum absolute atomic E-state index is 12.6. The predicted molar refractivity (Wildman–Crippen MR) is 128 cm³/mol. The molecule has 0 fully saturated rings.